The number of ether oxygens (including phenoxy) is 2. The number of anilines is 1. The SMILES string of the molecule is COc1ccc(S(=O)(=O)Nc2cc(Br)ccn2)cc1OC. The maximum Gasteiger partial charge on any atom is 0.263 e. The Labute approximate surface area is 131 Å². The van der Waals surface area contributed by atoms with E-state index in [1.807, 2.05) is 0 Å². The summed E-state index contributed by atoms with van der Waals surface area (Å²) < 4.78 is 37.9. The molecule has 8 heteroatoms. The van der Waals surface area contributed by atoms with E-state index >= 15 is 0 Å². The molecule has 1 aromatic carbocycles. The fourth-order valence-electron chi connectivity index (χ4n) is 1.64. The highest BCUT2D eigenvalue weighted by atomic mass is 79.9. The van der Waals surface area contributed by atoms with E-state index in [1.165, 1.54) is 38.6 Å². The normalized spacial score (nSPS) is 11.0. The van der Waals surface area contributed by atoms with Gasteiger partial charge in [-0.05, 0) is 24.3 Å². The zero-order chi connectivity index (χ0) is 15.5. The molecule has 0 spiro atoms. The monoisotopic (exact) mass is 372 g/mol. The van der Waals surface area contributed by atoms with Crippen LogP contribution in [0.25, 0.3) is 0 Å². The Balaban J connectivity index is 2.35. The number of aromatic nitrogens is 1. The standard InChI is InChI=1S/C13H13BrN2O4S/c1-19-11-4-3-10(8-12(11)20-2)21(17,18)16-13-7-9(14)5-6-15-13/h3-8H,1-2H3,(H,15,16). The predicted molar refractivity (Wildman–Crippen MR) is 82.3 cm³/mol. The van der Waals surface area contributed by atoms with Gasteiger partial charge in [0.1, 0.15) is 5.82 Å². The zero-order valence-corrected chi connectivity index (χ0v) is 13.7. The third-order valence-electron chi connectivity index (χ3n) is 2.63. The summed E-state index contributed by atoms with van der Waals surface area (Å²) in [5, 5.41) is 0. The van der Waals surface area contributed by atoms with Crippen LogP contribution in [-0.4, -0.2) is 27.6 Å². The first kappa shape index (κ1) is 15.6. The van der Waals surface area contributed by atoms with Crippen LogP contribution in [0.1, 0.15) is 0 Å². The number of methoxy groups -OCH3 is 2. The van der Waals surface area contributed by atoms with E-state index in [2.05, 4.69) is 25.6 Å². The minimum absolute atomic E-state index is 0.0573. The Morgan fingerprint density at radius 2 is 1.81 bits per heavy atom. The van der Waals surface area contributed by atoms with Gasteiger partial charge in [0, 0.05) is 16.7 Å². The quantitative estimate of drug-likeness (QED) is 0.872. The average Bonchev–Trinajstić information content (AvgIpc) is 2.46. The summed E-state index contributed by atoms with van der Waals surface area (Å²) in [5.74, 6) is 1.01. The van der Waals surface area contributed by atoms with Gasteiger partial charge in [-0.25, -0.2) is 13.4 Å². The molecule has 0 saturated heterocycles. The summed E-state index contributed by atoms with van der Waals surface area (Å²) in [6, 6.07) is 7.62. The van der Waals surface area contributed by atoms with Crippen molar-refractivity contribution in [2.24, 2.45) is 0 Å². The minimum Gasteiger partial charge on any atom is -0.493 e. The Kier molecular flexibility index (Phi) is 4.69. The van der Waals surface area contributed by atoms with E-state index < -0.39 is 10.0 Å². The molecule has 1 heterocycles. The van der Waals surface area contributed by atoms with Gasteiger partial charge in [0.15, 0.2) is 11.5 Å². The van der Waals surface area contributed by atoms with E-state index in [1.54, 1.807) is 12.1 Å². The summed E-state index contributed by atoms with van der Waals surface area (Å²) in [6.45, 7) is 0. The van der Waals surface area contributed by atoms with Crippen LogP contribution in [0.4, 0.5) is 5.82 Å². The zero-order valence-electron chi connectivity index (χ0n) is 11.3. The summed E-state index contributed by atoms with van der Waals surface area (Å²) in [5.41, 5.74) is 0. The maximum absolute atomic E-state index is 12.3. The lowest BCUT2D eigenvalue weighted by Gasteiger charge is -2.11. The van der Waals surface area contributed by atoms with Crippen LogP contribution in [0.15, 0.2) is 45.9 Å². The molecule has 112 valence electrons. The van der Waals surface area contributed by atoms with Crippen LogP contribution >= 0.6 is 15.9 Å². The van der Waals surface area contributed by atoms with Crippen molar-refractivity contribution in [3.63, 3.8) is 0 Å². The molecular weight excluding hydrogens is 360 g/mol. The number of hydrogen-bond acceptors (Lipinski definition) is 5. The second kappa shape index (κ2) is 6.31. The van der Waals surface area contributed by atoms with E-state index in [-0.39, 0.29) is 10.7 Å². The van der Waals surface area contributed by atoms with Crippen molar-refractivity contribution in [1.29, 1.82) is 0 Å². The van der Waals surface area contributed by atoms with Crippen molar-refractivity contribution in [3.8, 4) is 11.5 Å². The third-order valence-corrected chi connectivity index (χ3v) is 4.47. The molecule has 0 bridgehead atoms. The molecule has 1 aromatic heterocycles. The van der Waals surface area contributed by atoms with Gasteiger partial charge in [-0.2, -0.15) is 0 Å². The number of sulfonamides is 1. The van der Waals surface area contributed by atoms with Crippen LogP contribution in [0, 0.1) is 0 Å². The fourth-order valence-corrected chi connectivity index (χ4v) is 2.99. The number of rotatable bonds is 5. The largest absolute Gasteiger partial charge is 0.493 e. The van der Waals surface area contributed by atoms with Gasteiger partial charge in [0.25, 0.3) is 10.0 Å². The maximum atomic E-state index is 12.3. The Morgan fingerprint density at radius 3 is 2.43 bits per heavy atom. The molecule has 21 heavy (non-hydrogen) atoms. The van der Waals surface area contributed by atoms with Gasteiger partial charge >= 0.3 is 0 Å². The molecule has 0 radical (unpaired) electrons. The fraction of sp³-hybridized carbons (Fsp3) is 0.154. The molecule has 0 saturated carbocycles. The molecule has 0 unspecified atom stereocenters. The highest BCUT2D eigenvalue weighted by molar-refractivity contribution is 9.10. The molecule has 2 rings (SSSR count). The highest BCUT2D eigenvalue weighted by Gasteiger charge is 2.17. The van der Waals surface area contributed by atoms with Crippen molar-refractivity contribution in [2.75, 3.05) is 18.9 Å². The lowest BCUT2D eigenvalue weighted by molar-refractivity contribution is 0.354. The van der Waals surface area contributed by atoms with Gasteiger partial charge in [-0.15, -0.1) is 0 Å². The predicted octanol–water partition coefficient (Wildman–Crippen LogP) is 2.66. The number of nitrogens with zero attached hydrogens (tertiary/aromatic N) is 1. The first-order chi connectivity index (χ1) is 9.96. The van der Waals surface area contributed by atoms with Crippen molar-refractivity contribution < 1.29 is 17.9 Å². The van der Waals surface area contributed by atoms with E-state index in [4.69, 9.17) is 9.47 Å². The number of benzene rings is 1. The number of nitrogens with one attached hydrogen (secondary N) is 1. The van der Waals surface area contributed by atoms with E-state index in [0.717, 1.165) is 4.47 Å². The molecule has 0 atom stereocenters. The Hall–Kier alpha value is -1.80. The number of halogens is 1. The molecule has 0 aliphatic heterocycles. The van der Waals surface area contributed by atoms with E-state index in [0.29, 0.717) is 11.5 Å². The minimum atomic E-state index is -3.76. The molecule has 0 amide bonds. The summed E-state index contributed by atoms with van der Waals surface area (Å²) in [6.07, 6.45) is 1.50. The average molecular weight is 373 g/mol. The van der Waals surface area contributed by atoms with Gasteiger partial charge < -0.3 is 9.47 Å². The van der Waals surface area contributed by atoms with Gasteiger partial charge in [0.05, 0.1) is 19.1 Å². The number of hydrogen-bond donors (Lipinski definition) is 1. The van der Waals surface area contributed by atoms with Crippen LogP contribution in [0.5, 0.6) is 11.5 Å². The first-order valence-electron chi connectivity index (χ1n) is 5.82. The lowest BCUT2D eigenvalue weighted by atomic mass is 10.3. The first-order valence-corrected chi connectivity index (χ1v) is 8.10. The third kappa shape index (κ3) is 3.64. The molecule has 1 N–H and O–H groups in total. The number of pyridine rings is 1. The van der Waals surface area contributed by atoms with Crippen LogP contribution in [0.3, 0.4) is 0 Å². The molecule has 0 fully saturated rings. The van der Waals surface area contributed by atoms with E-state index in [9.17, 15) is 8.42 Å². The second-order valence-electron chi connectivity index (χ2n) is 3.98. The van der Waals surface area contributed by atoms with Crippen LogP contribution < -0.4 is 14.2 Å². The summed E-state index contributed by atoms with van der Waals surface area (Å²) >= 11 is 3.26. The van der Waals surface area contributed by atoms with Crippen molar-refractivity contribution in [1.82, 2.24) is 4.98 Å². The topological polar surface area (TPSA) is 77.5 Å². The van der Waals surface area contributed by atoms with Crippen molar-refractivity contribution >= 4 is 31.8 Å². The lowest BCUT2D eigenvalue weighted by Crippen LogP contribution is -2.14. The highest BCUT2D eigenvalue weighted by Crippen LogP contribution is 2.30. The second-order valence-corrected chi connectivity index (χ2v) is 6.58. The summed E-state index contributed by atoms with van der Waals surface area (Å²) in [4.78, 5) is 4.01. The smallest absolute Gasteiger partial charge is 0.263 e. The van der Waals surface area contributed by atoms with Crippen LogP contribution in [0.2, 0.25) is 0 Å². The summed E-state index contributed by atoms with van der Waals surface area (Å²) in [7, 11) is -0.833. The van der Waals surface area contributed by atoms with Gasteiger partial charge in [0.2, 0.25) is 0 Å². The van der Waals surface area contributed by atoms with Crippen molar-refractivity contribution in [3.05, 3.63) is 41.0 Å². The molecular formula is C13H13BrN2O4S. The molecule has 0 aliphatic carbocycles. The van der Waals surface area contributed by atoms with Gasteiger partial charge in [-0.3, -0.25) is 4.72 Å². The molecule has 0 aliphatic rings. The van der Waals surface area contributed by atoms with Gasteiger partial charge in [-0.1, -0.05) is 15.9 Å². The Bertz CT molecular complexity index is 750. The van der Waals surface area contributed by atoms with Crippen molar-refractivity contribution in [2.45, 2.75) is 4.90 Å². The van der Waals surface area contributed by atoms with Crippen LogP contribution in [-0.2, 0) is 10.0 Å². The Morgan fingerprint density at radius 1 is 1.10 bits per heavy atom. The molecule has 2 aromatic rings. The molecule has 6 nitrogen and oxygen atoms in total.